The van der Waals surface area contributed by atoms with Gasteiger partial charge in [0.05, 0.1) is 11.2 Å². The zero-order valence-electron chi connectivity index (χ0n) is 10.9. The van der Waals surface area contributed by atoms with E-state index in [1.807, 2.05) is 0 Å². The van der Waals surface area contributed by atoms with Crippen LogP contribution < -0.4 is 5.32 Å². The number of hydrogen-bond donors (Lipinski definition) is 1. The van der Waals surface area contributed by atoms with Crippen molar-refractivity contribution in [2.75, 3.05) is 7.05 Å². The van der Waals surface area contributed by atoms with Crippen molar-refractivity contribution in [2.45, 2.75) is 51.5 Å². The summed E-state index contributed by atoms with van der Waals surface area (Å²) in [4.78, 5) is 4.84. The first kappa shape index (κ1) is 12.1. The van der Waals surface area contributed by atoms with Crippen molar-refractivity contribution >= 4 is 11.3 Å². The Kier molecular flexibility index (Phi) is 2.87. The Morgan fingerprint density at radius 1 is 1.31 bits per heavy atom. The van der Waals surface area contributed by atoms with E-state index in [-0.39, 0.29) is 11.0 Å². The Hall–Kier alpha value is -0.410. The molecule has 90 valence electrons. The van der Waals surface area contributed by atoms with Crippen LogP contribution in [0.3, 0.4) is 0 Å². The fraction of sp³-hybridized carbons (Fsp3) is 0.769. The van der Waals surface area contributed by atoms with Crippen LogP contribution in [0.5, 0.6) is 0 Å². The molecule has 0 bridgehead atoms. The quantitative estimate of drug-likeness (QED) is 0.874. The van der Waals surface area contributed by atoms with Crippen LogP contribution in [0.2, 0.25) is 0 Å². The summed E-state index contributed by atoms with van der Waals surface area (Å²) in [7, 11) is 2.05. The summed E-state index contributed by atoms with van der Waals surface area (Å²) in [5.74, 6) is 0.775. The maximum absolute atomic E-state index is 4.84. The number of nitrogens with zero attached hydrogens (tertiary/aromatic N) is 1. The van der Waals surface area contributed by atoms with E-state index in [0.717, 1.165) is 5.92 Å². The summed E-state index contributed by atoms with van der Waals surface area (Å²) in [6.45, 7) is 8.95. The molecule has 1 aliphatic rings. The maximum atomic E-state index is 4.84. The van der Waals surface area contributed by atoms with Gasteiger partial charge >= 0.3 is 0 Å². The van der Waals surface area contributed by atoms with Crippen molar-refractivity contribution in [2.24, 2.45) is 5.92 Å². The molecule has 0 saturated heterocycles. The SMILES string of the molecule is CNC(C)(c1nc(C(C)(C)C)cs1)C1CC1. The summed E-state index contributed by atoms with van der Waals surface area (Å²) < 4.78 is 0. The molecule has 1 aromatic heterocycles. The fourth-order valence-corrected chi connectivity index (χ4v) is 3.30. The molecule has 1 unspecified atom stereocenters. The number of nitrogens with one attached hydrogen (secondary N) is 1. The minimum Gasteiger partial charge on any atom is -0.308 e. The van der Waals surface area contributed by atoms with E-state index in [0.29, 0.717) is 0 Å². The molecular weight excluding hydrogens is 216 g/mol. The average molecular weight is 238 g/mol. The van der Waals surface area contributed by atoms with Crippen LogP contribution in [-0.4, -0.2) is 12.0 Å². The van der Waals surface area contributed by atoms with Crippen LogP contribution in [0.25, 0.3) is 0 Å². The predicted molar refractivity (Wildman–Crippen MR) is 69.9 cm³/mol. The summed E-state index contributed by atoms with van der Waals surface area (Å²) in [6, 6.07) is 0. The second kappa shape index (κ2) is 3.81. The molecule has 1 saturated carbocycles. The molecule has 0 spiro atoms. The molecule has 1 N–H and O–H groups in total. The number of thiazole rings is 1. The van der Waals surface area contributed by atoms with Gasteiger partial charge in [-0.15, -0.1) is 11.3 Å². The Bertz CT molecular complexity index is 374. The van der Waals surface area contributed by atoms with E-state index in [1.54, 1.807) is 11.3 Å². The van der Waals surface area contributed by atoms with E-state index >= 15 is 0 Å². The van der Waals surface area contributed by atoms with Gasteiger partial charge in [-0.05, 0) is 32.7 Å². The van der Waals surface area contributed by atoms with Gasteiger partial charge in [-0.1, -0.05) is 20.8 Å². The van der Waals surface area contributed by atoms with Gasteiger partial charge in [0, 0.05) is 10.8 Å². The van der Waals surface area contributed by atoms with Gasteiger partial charge in [-0.2, -0.15) is 0 Å². The standard InChI is InChI=1S/C13H22N2S/c1-12(2,3)10-8-16-11(15-10)13(4,14-5)9-6-7-9/h8-9,14H,6-7H2,1-5H3. The summed E-state index contributed by atoms with van der Waals surface area (Å²) >= 11 is 1.80. The van der Waals surface area contributed by atoms with Crippen LogP contribution in [0.15, 0.2) is 5.38 Å². The van der Waals surface area contributed by atoms with E-state index in [9.17, 15) is 0 Å². The average Bonchev–Trinajstić information content (AvgIpc) is 2.92. The molecule has 0 aliphatic heterocycles. The summed E-state index contributed by atoms with van der Waals surface area (Å²) in [6.07, 6.45) is 2.67. The second-order valence-corrected chi connectivity index (χ2v) is 6.87. The van der Waals surface area contributed by atoms with Crippen LogP contribution in [0.1, 0.15) is 51.2 Å². The van der Waals surface area contributed by atoms with Gasteiger partial charge in [-0.25, -0.2) is 4.98 Å². The third-order valence-corrected chi connectivity index (χ3v) is 4.71. The monoisotopic (exact) mass is 238 g/mol. The minimum atomic E-state index is 0.0914. The number of aromatic nitrogens is 1. The first-order chi connectivity index (χ1) is 7.38. The van der Waals surface area contributed by atoms with Gasteiger partial charge in [0.2, 0.25) is 0 Å². The maximum Gasteiger partial charge on any atom is 0.113 e. The smallest absolute Gasteiger partial charge is 0.113 e. The zero-order valence-corrected chi connectivity index (χ0v) is 11.7. The van der Waals surface area contributed by atoms with Crippen LogP contribution in [0.4, 0.5) is 0 Å². The summed E-state index contributed by atoms with van der Waals surface area (Å²) in [5, 5.41) is 6.94. The molecule has 2 nitrogen and oxygen atoms in total. The molecule has 3 heteroatoms. The molecule has 1 atom stereocenters. The highest BCUT2D eigenvalue weighted by atomic mass is 32.1. The van der Waals surface area contributed by atoms with Crippen molar-refractivity contribution in [3.8, 4) is 0 Å². The first-order valence-corrected chi connectivity index (χ1v) is 6.91. The Labute approximate surface area is 102 Å². The van der Waals surface area contributed by atoms with E-state index < -0.39 is 0 Å². The second-order valence-electron chi connectivity index (χ2n) is 6.01. The Morgan fingerprint density at radius 3 is 2.31 bits per heavy atom. The Morgan fingerprint density at radius 2 is 1.94 bits per heavy atom. The fourth-order valence-electron chi connectivity index (χ4n) is 2.00. The molecule has 1 aliphatic carbocycles. The van der Waals surface area contributed by atoms with Gasteiger partial charge in [0.25, 0.3) is 0 Å². The van der Waals surface area contributed by atoms with Crippen molar-refractivity contribution in [1.29, 1.82) is 0 Å². The summed E-state index contributed by atoms with van der Waals surface area (Å²) in [5.41, 5.74) is 1.47. The lowest BCUT2D eigenvalue weighted by Gasteiger charge is -2.27. The number of rotatable bonds is 3. The molecule has 1 fully saturated rings. The molecule has 16 heavy (non-hydrogen) atoms. The molecule has 1 heterocycles. The van der Waals surface area contributed by atoms with Crippen LogP contribution in [0, 0.1) is 5.92 Å². The lowest BCUT2D eigenvalue weighted by molar-refractivity contribution is 0.343. The van der Waals surface area contributed by atoms with Crippen molar-refractivity contribution in [3.05, 3.63) is 16.1 Å². The van der Waals surface area contributed by atoms with Crippen molar-refractivity contribution < 1.29 is 0 Å². The highest BCUT2D eigenvalue weighted by Crippen LogP contribution is 2.46. The molecule has 1 aromatic rings. The van der Waals surface area contributed by atoms with Gasteiger partial charge in [0.1, 0.15) is 5.01 Å². The van der Waals surface area contributed by atoms with Gasteiger partial charge < -0.3 is 5.32 Å². The normalized spacial score (nSPS) is 20.8. The lowest BCUT2D eigenvalue weighted by atomic mass is 9.92. The van der Waals surface area contributed by atoms with E-state index in [4.69, 9.17) is 4.98 Å². The first-order valence-electron chi connectivity index (χ1n) is 6.03. The van der Waals surface area contributed by atoms with E-state index in [1.165, 1.54) is 23.5 Å². The van der Waals surface area contributed by atoms with Gasteiger partial charge in [0.15, 0.2) is 0 Å². The number of hydrogen-bond acceptors (Lipinski definition) is 3. The lowest BCUT2D eigenvalue weighted by Crippen LogP contribution is -2.39. The Balaban J connectivity index is 2.30. The third-order valence-electron chi connectivity index (χ3n) is 3.63. The molecule has 0 amide bonds. The van der Waals surface area contributed by atoms with E-state index in [2.05, 4.69) is 45.4 Å². The van der Waals surface area contributed by atoms with Crippen molar-refractivity contribution in [3.63, 3.8) is 0 Å². The molecule has 2 rings (SSSR count). The minimum absolute atomic E-state index is 0.0914. The largest absolute Gasteiger partial charge is 0.308 e. The van der Waals surface area contributed by atoms with Crippen LogP contribution in [-0.2, 0) is 11.0 Å². The molecular formula is C13H22N2S. The third kappa shape index (κ3) is 2.03. The van der Waals surface area contributed by atoms with Crippen molar-refractivity contribution in [1.82, 2.24) is 10.3 Å². The topological polar surface area (TPSA) is 24.9 Å². The molecule has 0 radical (unpaired) electrons. The molecule has 0 aromatic carbocycles. The van der Waals surface area contributed by atoms with Gasteiger partial charge in [-0.3, -0.25) is 0 Å². The highest BCUT2D eigenvalue weighted by Gasteiger charge is 2.44. The highest BCUT2D eigenvalue weighted by molar-refractivity contribution is 7.09. The predicted octanol–water partition coefficient (Wildman–Crippen LogP) is 3.29. The zero-order chi connectivity index (χ0) is 12.0. The van der Waals surface area contributed by atoms with Crippen LogP contribution >= 0.6 is 11.3 Å².